The number of nitrogens with one attached hydrogen (secondary N) is 2. The van der Waals surface area contributed by atoms with Crippen molar-refractivity contribution >= 4 is 23.2 Å². The molecule has 1 saturated heterocycles. The number of anilines is 2. The number of aliphatic hydroxyl groups is 1. The summed E-state index contributed by atoms with van der Waals surface area (Å²) in [7, 11) is 0. The molecule has 4 aromatic rings. The van der Waals surface area contributed by atoms with Crippen LogP contribution in [-0.4, -0.2) is 47.1 Å². The van der Waals surface area contributed by atoms with Gasteiger partial charge in [0.2, 0.25) is 11.8 Å². The van der Waals surface area contributed by atoms with E-state index < -0.39 is 6.29 Å². The minimum Gasteiger partial charge on any atom is -0.397 e. The minimum atomic E-state index is -0.556. The summed E-state index contributed by atoms with van der Waals surface area (Å²) in [4.78, 5) is 27.5. The van der Waals surface area contributed by atoms with Gasteiger partial charge in [-0.3, -0.25) is 14.5 Å². The van der Waals surface area contributed by atoms with Crippen LogP contribution in [0.1, 0.15) is 86.0 Å². The Morgan fingerprint density at radius 2 is 1.58 bits per heavy atom. The van der Waals surface area contributed by atoms with Crippen LogP contribution in [0.2, 0.25) is 0 Å². The summed E-state index contributed by atoms with van der Waals surface area (Å²) in [6.07, 6.45) is 7.84. The molecule has 0 spiro atoms. The fourth-order valence-corrected chi connectivity index (χ4v) is 7.35. The van der Waals surface area contributed by atoms with E-state index in [9.17, 15) is 14.7 Å². The molecular formula is C44H52N4O5. The molecule has 0 unspecified atom stereocenters. The first-order valence-electron chi connectivity index (χ1n) is 18.8. The van der Waals surface area contributed by atoms with Crippen molar-refractivity contribution in [3.63, 3.8) is 0 Å². The number of nitrogens with two attached hydrogens (primary N) is 1. The number of hydrogen-bond donors (Lipinski definition) is 4. The first-order chi connectivity index (χ1) is 25.9. The third kappa shape index (κ3) is 10.6. The average molecular weight is 717 g/mol. The Kier molecular flexibility index (Phi) is 13.5. The van der Waals surface area contributed by atoms with Gasteiger partial charge in [-0.2, -0.15) is 0 Å². The van der Waals surface area contributed by atoms with Gasteiger partial charge >= 0.3 is 0 Å². The Labute approximate surface area is 313 Å². The molecule has 9 heteroatoms. The molecule has 0 bridgehead atoms. The zero-order valence-electron chi connectivity index (χ0n) is 30.4. The molecule has 1 heterocycles. The standard InChI is InChI=1S/C44H52N4O5/c1-2-24-48(37-14-3-4-15-37)29-38-27-41(33-22-20-31(30-49)21-23-33)53-44(52-38)36-13-8-12-35(26-36)34-11-7-10-32(25-34)28-46-42(50)18-9-19-43(51)47-40-17-6-5-16-39(40)45/h2,5-8,10-13,16-17,20-23,25-26,37-38,41,44,49H,1,3-4,9,14-15,18-19,24,27-30,45H2,(H,46,50)(H,47,51)/t38-,41+,44+/m0/s1. The maximum atomic E-state index is 12.6. The Bertz CT molecular complexity index is 1820. The lowest BCUT2D eigenvalue weighted by Gasteiger charge is -2.39. The van der Waals surface area contributed by atoms with Crippen molar-refractivity contribution in [3.05, 3.63) is 132 Å². The molecule has 0 radical (unpaired) electrons. The van der Waals surface area contributed by atoms with Crippen LogP contribution in [0.5, 0.6) is 0 Å². The highest BCUT2D eigenvalue weighted by atomic mass is 16.7. The Balaban J connectivity index is 1.09. The van der Waals surface area contributed by atoms with Gasteiger partial charge in [0.1, 0.15) is 0 Å². The van der Waals surface area contributed by atoms with Gasteiger partial charge in [0.15, 0.2) is 6.29 Å². The van der Waals surface area contributed by atoms with E-state index in [-0.39, 0.29) is 43.5 Å². The van der Waals surface area contributed by atoms with Crippen molar-refractivity contribution in [1.29, 1.82) is 0 Å². The van der Waals surface area contributed by atoms with E-state index in [4.69, 9.17) is 15.2 Å². The number of carbonyl (C=O) groups is 2. The highest BCUT2D eigenvalue weighted by Crippen LogP contribution is 2.39. The van der Waals surface area contributed by atoms with Gasteiger partial charge in [-0.25, -0.2) is 0 Å². The van der Waals surface area contributed by atoms with Crippen LogP contribution >= 0.6 is 0 Å². The number of carbonyl (C=O) groups excluding carboxylic acids is 2. The first-order valence-corrected chi connectivity index (χ1v) is 18.8. The minimum absolute atomic E-state index is 0.00460. The molecule has 1 aliphatic heterocycles. The van der Waals surface area contributed by atoms with Crippen LogP contribution in [0.25, 0.3) is 11.1 Å². The van der Waals surface area contributed by atoms with Crippen molar-refractivity contribution in [1.82, 2.24) is 10.2 Å². The average Bonchev–Trinajstić information content (AvgIpc) is 3.73. The number of nitrogen functional groups attached to an aromatic ring is 1. The predicted octanol–water partition coefficient (Wildman–Crippen LogP) is 7.83. The van der Waals surface area contributed by atoms with E-state index in [2.05, 4.69) is 52.4 Å². The van der Waals surface area contributed by atoms with Gasteiger partial charge in [0.05, 0.1) is 30.2 Å². The molecule has 278 valence electrons. The number of ether oxygens (including phenoxy) is 2. The fourth-order valence-electron chi connectivity index (χ4n) is 7.35. The summed E-state index contributed by atoms with van der Waals surface area (Å²) in [5.41, 5.74) is 12.9. The summed E-state index contributed by atoms with van der Waals surface area (Å²) in [5, 5.41) is 15.4. The van der Waals surface area contributed by atoms with E-state index in [1.54, 1.807) is 12.1 Å². The van der Waals surface area contributed by atoms with Gasteiger partial charge in [-0.1, -0.05) is 91.7 Å². The van der Waals surface area contributed by atoms with Gasteiger partial charge in [-0.05, 0) is 71.3 Å². The van der Waals surface area contributed by atoms with Crippen molar-refractivity contribution < 1.29 is 24.2 Å². The molecular weight excluding hydrogens is 665 g/mol. The quantitative estimate of drug-likeness (QED) is 0.0688. The third-order valence-electron chi connectivity index (χ3n) is 10.2. The molecule has 6 rings (SSSR count). The molecule has 9 nitrogen and oxygen atoms in total. The highest BCUT2D eigenvalue weighted by molar-refractivity contribution is 5.94. The number of aliphatic hydroxyl groups excluding tert-OH is 1. The number of para-hydroxylation sites is 2. The smallest absolute Gasteiger partial charge is 0.224 e. The van der Waals surface area contributed by atoms with Crippen molar-refractivity contribution in [2.24, 2.45) is 0 Å². The van der Waals surface area contributed by atoms with Crippen molar-refractivity contribution in [2.75, 3.05) is 24.1 Å². The van der Waals surface area contributed by atoms with E-state index in [0.717, 1.165) is 52.9 Å². The second kappa shape index (κ2) is 18.8. The summed E-state index contributed by atoms with van der Waals surface area (Å²) >= 11 is 0. The molecule has 2 fully saturated rings. The van der Waals surface area contributed by atoms with E-state index in [0.29, 0.717) is 30.4 Å². The van der Waals surface area contributed by atoms with E-state index >= 15 is 0 Å². The van der Waals surface area contributed by atoms with Crippen molar-refractivity contribution in [2.45, 2.75) is 89.1 Å². The predicted molar refractivity (Wildman–Crippen MR) is 210 cm³/mol. The highest BCUT2D eigenvalue weighted by Gasteiger charge is 2.34. The summed E-state index contributed by atoms with van der Waals surface area (Å²) in [5.74, 6) is -0.276. The van der Waals surface area contributed by atoms with Crippen LogP contribution in [0.3, 0.4) is 0 Å². The lowest BCUT2D eigenvalue weighted by molar-refractivity contribution is -0.253. The van der Waals surface area contributed by atoms with Crippen molar-refractivity contribution in [3.8, 4) is 11.1 Å². The van der Waals surface area contributed by atoms with Gasteiger partial charge in [-0.15, -0.1) is 6.58 Å². The Hall–Kier alpha value is -4.80. The topological polar surface area (TPSA) is 126 Å². The summed E-state index contributed by atoms with van der Waals surface area (Å²) in [6, 6.07) is 32.1. The number of rotatable bonds is 16. The summed E-state index contributed by atoms with van der Waals surface area (Å²) in [6.45, 7) is 6.07. The van der Waals surface area contributed by atoms with Crippen LogP contribution in [0, 0.1) is 0 Å². The Morgan fingerprint density at radius 3 is 2.34 bits per heavy atom. The molecule has 2 aliphatic rings. The number of benzene rings is 4. The molecule has 1 aliphatic carbocycles. The second-order valence-electron chi connectivity index (χ2n) is 14.1. The number of nitrogens with zero attached hydrogens (tertiary/aromatic N) is 1. The molecule has 3 atom stereocenters. The van der Waals surface area contributed by atoms with Gasteiger partial charge < -0.3 is 30.9 Å². The Morgan fingerprint density at radius 1 is 0.849 bits per heavy atom. The van der Waals surface area contributed by atoms with Gasteiger partial charge in [0.25, 0.3) is 0 Å². The van der Waals surface area contributed by atoms with Crippen LogP contribution < -0.4 is 16.4 Å². The van der Waals surface area contributed by atoms with E-state index in [1.165, 1.54) is 25.7 Å². The fraction of sp³-hybridized carbons (Fsp3) is 0.364. The lowest BCUT2D eigenvalue weighted by atomic mass is 9.98. The second-order valence-corrected chi connectivity index (χ2v) is 14.1. The molecule has 2 amide bonds. The molecule has 4 aromatic carbocycles. The molecule has 1 saturated carbocycles. The van der Waals surface area contributed by atoms with Crippen LogP contribution in [0.4, 0.5) is 11.4 Å². The maximum Gasteiger partial charge on any atom is 0.224 e. The number of amides is 2. The van der Waals surface area contributed by atoms with Crippen LogP contribution in [-0.2, 0) is 32.2 Å². The van der Waals surface area contributed by atoms with Gasteiger partial charge in [0, 0.05) is 50.5 Å². The van der Waals surface area contributed by atoms with E-state index in [1.807, 2.05) is 60.7 Å². The molecule has 0 aromatic heterocycles. The molecule has 53 heavy (non-hydrogen) atoms. The summed E-state index contributed by atoms with van der Waals surface area (Å²) < 4.78 is 13.4. The normalized spacial score (nSPS) is 18.9. The molecule has 5 N–H and O–H groups in total. The first kappa shape index (κ1) is 37.9. The zero-order valence-corrected chi connectivity index (χ0v) is 30.4. The lowest BCUT2D eigenvalue weighted by Crippen LogP contribution is -2.43. The monoisotopic (exact) mass is 716 g/mol. The SMILES string of the molecule is C=CCN(C[C@@H]1C[C@H](c2ccc(CO)cc2)O[C@H](c2cccc(-c3cccc(CNC(=O)CCCC(=O)Nc4ccccc4N)c3)c2)O1)C1CCCC1. The maximum absolute atomic E-state index is 12.6. The zero-order chi connectivity index (χ0) is 37.0. The number of hydrogen-bond acceptors (Lipinski definition) is 7. The van der Waals surface area contributed by atoms with Crippen LogP contribution in [0.15, 0.2) is 110 Å². The largest absolute Gasteiger partial charge is 0.397 e. The third-order valence-corrected chi connectivity index (χ3v) is 10.2.